The summed E-state index contributed by atoms with van der Waals surface area (Å²) in [6.45, 7) is 4.78. The van der Waals surface area contributed by atoms with Gasteiger partial charge in [-0.2, -0.15) is 0 Å². The van der Waals surface area contributed by atoms with E-state index in [0.717, 1.165) is 19.3 Å². The van der Waals surface area contributed by atoms with Gasteiger partial charge in [-0.3, -0.25) is 9.59 Å². The van der Waals surface area contributed by atoms with Crippen molar-refractivity contribution in [3.63, 3.8) is 0 Å². The van der Waals surface area contributed by atoms with Gasteiger partial charge >= 0.3 is 5.97 Å². The molecule has 0 saturated heterocycles. The molecule has 1 amide bonds. The van der Waals surface area contributed by atoms with E-state index in [0.29, 0.717) is 25.4 Å². The number of carboxylic acids is 1. The molecule has 1 saturated carbocycles. The van der Waals surface area contributed by atoms with Crippen LogP contribution in [0, 0.1) is 11.8 Å². The first-order valence-corrected chi connectivity index (χ1v) is 6.95. The van der Waals surface area contributed by atoms with Crippen molar-refractivity contribution in [2.45, 2.75) is 51.6 Å². The van der Waals surface area contributed by atoms with Crippen LogP contribution in [0.15, 0.2) is 0 Å². The van der Waals surface area contributed by atoms with Gasteiger partial charge in [-0.05, 0) is 31.6 Å². The molecule has 3 atom stereocenters. The Morgan fingerprint density at radius 2 is 2.16 bits per heavy atom. The summed E-state index contributed by atoms with van der Waals surface area (Å²) in [6.07, 6.45) is 3.70. The summed E-state index contributed by atoms with van der Waals surface area (Å²) in [5, 5.41) is 9.05. The second-order valence-electron chi connectivity index (χ2n) is 5.65. The lowest BCUT2D eigenvalue weighted by atomic mass is 9.97. The number of hydrogen-bond acceptors (Lipinski definition) is 3. The maximum absolute atomic E-state index is 11.4. The summed E-state index contributed by atoms with van der Waals surface area (Å²) in [6, 6.07) is 0.179. The van der Waals surface area contributed by atoms with E-state index in [9.17, 15) is 9.59 Å². The van der Waals surface area contributed by atoms with Gasteiger partial charge in [0.15, 0.2) is 0 Å². The Labute approximate surface area is 114 Å². The molecule has 0 heterocycles. The standard InChI is InChI=1S/C14H25NO4/c1-10(2)13(6-7-19-3)15(9-16)12-5-4-11(8-12)14(17)18/h9-13H,4-8H2,1-3H3,(H,17,18)/t11-,12+,13?/m0/s1. The van der Waals surface area contributed by atoms with Crippen LogP contribution in [0.2, 0.25) is 0 Å². The van der Waals surface area contributed by atoms with Gasteiger partial charge in [0.05, 0.1) is 5.92 Å². The first kappa shape index (κ1) is 16.0. The third-order valence-electron chi connectivity index (χ3n) is 4.07. The summed E-state index contributed by atoms with van der Waals surface area (Å²) in [4.78, 5) is 24.2. The highest BCUT2D eigenvalue weighted by molar-refractivity contribution is 5.70. The van der Waals surface area contributed by atoms with Crippen molar-refractivity contribution in [2.75, 3.05) is 13.7 Å². The molecule has 0 aromatic heterocycles. The predicted molar refractivity (Wildman–Crippen MR) is 71.8 cm³/mol. The van der Waals surface area contributed by atoms with E-state index in [1.807, 2.05) is 4.90 Å². The molecular weight excluding hydrogens is 246 g/mol. The van der Waals surface area contributed by atoms with Crippen LogP contribution in [0.1, 0.15) is 39.5 Å². The number of carbonyl (C=O) groups excluding carboxylic acids is 1. The molecule has 5 nitrogen and oxygen atoms in total. The molecule has 0 bridgehead atoms. The summed E-state index contributed by atoms with van der Waals surface area (Å²) in [5.74, 6) is -0.710. The second-order valence-corrected chi connectivity index (χ2v) is 5.65. The topological polar surface area (TPSA) is 66.8 Å². The minimum absolute atomic E-state index is 0.0582. The first-order valence-electron chi connectivity index (χ1n) is 6.95. The minimum Gasteiger partial charge on any atom is -0.481 e. The van der Waals surface area contributed by atoms with Crippen molar-refractivity contribution in [3.8, 4) is 0 Å². The molecule has 0 aromatic carbocycles. The van der Waals surface area contributed by atoms with E-state index >= 15 is 0 Å². The van der Waals surface area contributed by atoms with Crippen LogP contribution < -0.4 is 0 Å². The van der Waals surface area contributed by atoms with Crippen LogP contribution in [0.5, 0.6) is 0 Å². The molecule has 110 valence electrons. The number of amides is 1. The number of carbonyl (C=O) groups is 2. The van der Waals surface area contributed by atoms with Gasteiger partial charge in [0.2, 0.25) is 6.41 Å². The molecule has 1 aliphatic rings. The third kappa shape index (κ3) is 4.20. The minimum atomic E-state index is -0.744. The van der Waals surface area contributed by atoms with E-state index in [1.165, 1.54) is 0 Å². The smallest absolute Gasteiger partial charge is 0.306 e. The summed E-state index contributed by atoms with van der Waals surface area (Å²) in [5.41, 5.74) is 0. The Morgan fingerprint density at radius 3 is 2.58 bits per heavy atom. The van der Waals surface area contributed by atoms with E-state index < -0.39 is 5.97 Å². The van der Waals surface area contributed by atoms with Crippen LogP contribution in [-0.4, -0.2) is 48.2 Å². The Morgan fingerprint density at radius 1 is 1.47 bits per heavy atom. The monoisotopic (exact) mass is 271 g/mol. The number of nitrogens with zero attached hydrogens (tertiary/aromatic N) is 1. The van der Waals surface area contributed by atoms with Gasteiger partial charge in [0.25, 0.3) is 0 Å². The maximum Gasteiger partial charge on any atom is 0.306 e. The molecular formula is C14H25NO4. The number of hydrogen-bond donors (Lipinski definition) is 1. The van der Waals surface area contributed by atoms with Crippen molar-refractivity contribution in [2.24, 2.45) is 11.8 Å². The van der Waals surface area contributed by atoms with Gasteiger partial charge in [-0.25, -0.2) is 0 Å². The summed E-state index contributed by atoms with van der Waals surface area (Å²) < 4.78 is 5.10. The fourth-order valence-corrected chi connectivity index (χ4v) is 2.95. The Hall–Kier alpha value is -1.10. The largest absolute Gasteiger partial charge is 0.481 e. The highest BCUT2D eigenvalue weighted by atomic mass is 16.5. The van der Waals surface area contributed by atoms with Crippen LogP contribution in [0.4, 0.5) is 0 Å². The van der Waals surface area contributed by atoms with Gasteiger partial charge in [0.1, 0.15) is 0 Å². The summed E-state index contributed by atoms with van der Waals surface area (Å²) >= 11 is 0. The van der Waals surface area contributed by atoms with Crippen LogP contribution in [-0.2, 0) is 14.3 Å². The first-order chi connectivity index (χ1) is 9.01. The van der Waals surface area contributed by atoms with Crippen molar-refractivity contribution in [3.05, 3.63) is 0 Å². The number of carboxylic acid groups (broad SMARTS) is 1. The number of rotatable bonds is 8. The molecule has 1 unspecified atom stereocenters. The molecule has 0 spiro atoms. The quantitative estimate of drug-likeness (QED) is 0.683. The fraction of sp³-hybridized carbons (Fsp3) is 0.857. The molecule has 1 N–H and O–H groups in total. The number of methoxy groups -OCH3 is 1. The molecule has 0 aliphatic heterocycles. The Bertz CT molecular complexity index is 306. The Balaban J connectivity index is 2.69. The maximum atomic E-state index is 11.4. The molecule has 1 fully saturated rings. The zero-order valence-corrected chi connectivity index (χ0v) is 12.0. The highest BCUT2D eigenvalue weighted by Crippen LogP contribution is 2.31. The van der Waals surface area contributed by atoms with E-state index in [1.54, 1.807) is 7.11 Å². The lowest BCUT2D eigenvalue weighted by molar-refractivity contribution is -0.142. The average Bonchev–Trinajstić information content (AvgIpc) is 2.83. The van der Waals surface area contributed by atoms with Crippen molar-refractivity contribution in [1.29, 1.82) is 0 Å². The summed E-state index contributed by atoms with van der Waals surface area (Å²) in [7, 11) is 1.65. The number of ether oxygens (including phenoxy) is 1. The van der Waals surface area contributed by atoms with Crippen molar-refractivity contribution >= 4 is 12.4 Å². The van der Waals surface area contributed by atoms with Gasteiger partial charge in [-0.1, -0.05) is 13.8 Å². The van der Waals surface area contributed by atoms with Gasteiger partial charge in [-0.15, -0.1) is 0 Å². The van der Waals surface area contributed by atoms with Crippen LogP contribution >= 0.6 is 0 Å². The van der Waals surface area contributed by atoms with Gasteiger partial charge < -0.3 is 14.7 Å². The lowest BCUT2D eigenvalue weighted by Gasteiger charge is -2.36. The van der Waals surface area contributed by atoms with E-state index in [-0.39, 0.29) is 18.0 Å². The van der Waals surface area contributed by atoms with Crippen molar-refractivity contribution in [1.82, 2.24) is 4.90 Å². The molecule has 1 aliphatic carbocycles. The van der Waals surface area contributed by atoms with Gasteiger partial charge in [0, 0.05) is 25.8 Å². The second kappa shape index (κ2) is 7.48. The zero-order chi connectivity index (χ0) is 14.4. The lowest BCUT2D eigenvalue weighted by Crippen LogP contribution is -2.44. The molecule has 0 radical (unpaired) electrons. The highest BCUT2D eigenvalue weighted by Gasteiger charge is 2.36. The normalized spacial score (nSPS) is 24.4. The predicted octanol–water partition coefficient (Wildman–Crippen LogP) is 1.76. The zero-order valence-electron chi connectivity index (χ0n) is 12.0. The molecule has 19 heavy (non-hydrogen) atoms. The molecule has 1 rings (SSSR count). The van der Waals surface area contributed by atoms with Crippen LogP contribution in [0.25, 0.3) is 0 Å². The molecule has 0 aromatic rings. The Kier molecular flexibility index (Phi) is 6.28. The van der Waals surface area contributed by atoms with Crippen LogP contribution in [0.3, 0.4) is 0 Å². The average molecular weight is 271 g/mol. The fourth-order valence-electron chi connectivity index (χ4n) is 2.95. The van der Waals surface area contributed by atoms with E-state index in [4.69, 9.17) is 9.84 Å². The van der Waals surface area contributed by atoms with E-state index in [2.05, 4.69) is 13.8 Å². The van der Waals surface area contributed by atoms with Crippen molar-refractivity contribution < 1.29 is 19.4 Å². The SMILES string of the molecule is COCCC(C(C)C)N(C=O)[C@@H]1CC[C@H](C(=O)O)C1. The molecule has 5 heteroatoms. The third-order valence-corrected chi connectivity index (χ3v) is 4.07. The number of aliphatic carboxylic acids is 1.